The highest BCUT2D eigenvalue weighted by molar-refractivity contribution is 5.27. The minimum Gasteiger partial charge on any atom is -0.378 e. The van der Waals surface area contributed by atoms with Crippen molar-refractivity contribution in [1.29, 1.82) is 0 Å². The third kappa shape index (κ3) is 1.32. The van der Waals surface area contributed by atoms with Crippen molar-refractivity contribution in [1.82, 2.24) is 15.2 Å². The van der Waals surface area contributed by atoms with E-state index >= 15 is 0 Å². The van der Waals surface area contributed by atoms with Crippen LogP contribution in [0.1, 0.15) is 0 Å². The van der Waals surface area contributed by atoms with E-state index in [4.69, 9.17) is 4.74 Å². The molecule has 0 atom stereocenters. The molecule has 5 heteroatoms. The first kappa shape index (κ1) is 6.60. The lowest BCUT2D eigenvalue weighted by Crippen LogP contribution is -2.36. The third-order valence-electron chi connectivity index (χ3n) is 1.71. The van der Waals surface area contributed by atoms with Crippen LogP contribution in [0.2, 0.25) is 0 Å². The number of nitrogens with zero attached hydrogens (tertiary/aromatic N) is 3. The summed E-state index contributed by atoms with van der Waals surface area (Å²) in [5, 5.41) is 6.59. The molecule has 1 saturated heterocycles. The van der Waals surface area contributed by atoms with E-state index in [1.807, 2.05) is 0 Å². The molecule has 1 aromatic heterocycles. The minimum absolute atomic E-state index is 0.778. The molecule has 1 fully saturated rings. The molecular weight excluding hydrogens is 144 g/mol. The van der Waals surface area contributed by atoms with E-state index in [1.54, 1.807) is 0 Å². The molecule has 0 aliphatic carbocycles. The molecular formula is C6H10N4O. The molecule has 0 amide bonds. The topological polar surface area (TPSA) is 54.0 Å². The van der Waals surface area contributed by atoms with Crippen molar-refractivity contribution in [2.75, 3.05) is 31.2 Å². The van der Waals surface area contributed by atoms with Crippen LogP contribution in [0.5, 0.6) is 0 Å². The molecule has 1 aromatic rings. The monoisotopic (exact) mass is 154 g/mol. The maximum atomic E-state index is 5.19. The quantitative estimate of drug-likeness (QED) is 0.600. The Morgan fingerprint density at radius 3 is 2.91 bits per heavy atom. The van der Waals surface area contributed by atoms with Crippen LogP contribution in [0, 0.1) is 0 Å². The van der Waals surface area contributed by atoms with Crippen molar-refractivity contribution in [3.8, 4) is 0 Å². The second kappa shape index (κ2) is 2.87. The van der Waals surface area contributed by atoms with Crippen LogP contribution in [-0.2, 0) is 4.74 Å². The van der Waals surface area contributed by atoms with E-state index in [9.17, 15) is 0 Å². The van der Waals surface area contributed by atoms with Crippen LogP contribution >= 0.6 is 0 Å². The van der Waals surface area contributed by atoms with Gasteiger partial charge in [0, 0.05) is 13.1 Å². The maximum absolute atomic E-state index is 5.19. The summed E-state index contributed by atoms with van der Waals surface area (Å²) < 4.78 is 5.19. The lowest BCUT2D eigenvalue weighted by molar-refractivity contribution is 0.122. The second-order valence-corrected chi connectivity index (χ2v) is 2.41. The zero-order valence-electron chi connectivity index (χ0n) is 6.16. The molecule has 2 heterocycles. The fraction of sp³-hybridized carbons (Fsp3) is 0.667. The number of rotatable bonds is 1. The summed E-state index contributed by atoms with van der Waals surface area (Å²) in [6.07, 6.45) is 1.52. The Morgan fingerprint density at radius 1 is 1.45 bits per heavy atom. The van der Waals surface area contributed by atoms with Crippen LogP contribution in [0.15, 0.2) is 6.33 Å². The number of hydrogen-bond acceptors (Lipinski definition) is 4. The fourth-order valence-corrected chi connectivity index (χ4v) is 1.13. The fourth-order valence-electron chi connectivity index (χ4n) is 1.13. The first-order valence-corrected chi connectivity index (χ1v) is 3.65. The Hall–Kier alpha value is -1.10. The van der Waals surface area contributed by atoms with E-state index < -0.39 is 0 Å². The highest BCUT2D eigenvalue weighted by Gasteiger charge is 2.12. The van der Waals surface area contributed by atoms with Crippen LogP contribution in [0.4, 0.5) is 5.95 Å². The van der Waals surface area contributed by atoms with Gasteiger partial charge < -0.3 is 9.64 Å². The maximum Gasteiger partial charge on any atom is 0.221 e. The molecule has 0 spiro atoms. The molecule has 0 saturated carbocycles. The molecule has 1 N–H and O–H groups in total. The Labute approximate surface area is 64.4 Å². The van der Waals surface area contributed by atoms with Gasteiger partial charge in [-0.25, -0.2) is 5.10 Å². The van der Waals surface area contributed by atoms with Gasteiger partial charge in [-0.1, -0.05) is 0 Å². The Kier molecular flexibility index (Phi) is 1.72. The first-order valence-electron chi connectivity index (χ1n) is 3.65. The average Bonchev–Trinajstić information content (AvgIpc) is 2.58. The molecule has 0 radical (unpaired) electrons. The summed E-state index contributed by atoms with van der Waals surface area (Å²) >= 11 is 0. The van der Waals surface area contributed by atoms with E-state index in [2.05, 4.69) is 20.1 Å². The Balaban J connectivity index is 2.04. The zero-order chi connectivity index (χ0) is 7.52. The molecule has 2 rings (SSSR count). The van der Waals surface area contributed by atoms with Gasteiger partial charge in [-0.15, -0.1) is 0 Å². The summed E-state index contributed by atoms with van der Waals surface area (Å²) in [4.78, 5) is 6.17. The largest absolute Gasteiger partial charge is 0.378 e. The Morgan fingerprint density at radius 2 is 2.27 bits per heavy atom. The lowest BCUT2D eigenvalue weighted by Gasteiger charge is -2.25. The predicted molar refractivity (Wildman–Crippen MR) is 39.4 cm³/mol. The van der Waals surface area contributed by atoms with E-state index in [-0.39, 0.29) is 0 Å². The van der Waals surface area contributed by atoms with Gasteiger partial charge in [-0.3, -0.25) is 0 Å². The van der Waals surface area contributed by atoms with Gasteiger partial charge in [0.2, 0.25) is 5.95 Å². The number of H-pyrrole nitrogens is 1. The smallest absolute Gasteiger partial charge is 0.221 e. The highest BCUT2D eigenvalue weighted by atomic mass is 16.5. The first-order chi connectivity index (χ1) is 5.47. The molecule has 60 valence electrons. The van der Waals surface area contributed by atoms with Crippen LogP contribution in [0.25, 0.3) is 0 Å². The van der Waals surface area contributed by atoms with Gasteiger partial charge in [0.15, 0.2) is 0 Å². The van der Waals surface area contributed by atoms with Crippen molar-refractivity contribution in [3.05, 3.63) is 6.33 Å². The van der Waals surface area contributed by atoms with Crippen LogP contribution in [0.3, 0.4) is 0 Å². The van der Waals surface area contributed by atoms with E-state index in [0.29, 0.717) is 0 Å². The number of hydrogen-bond donors (Lipinski definition) is 1. The Bertz CT molecular complexity index is 204. The summed E-state index contributed by atoms with van der Waals surface area (Å²) in [6.45, 7) is 3.35. The molecule has 0 bridgehead atoms. The van der Waals surface area contributed by atoms with E-state index in [0.717, 1.165) is 32.3 Å². The molecule has 5 nitrogen and oxygen atoms in total. The second-order valence-electron chi connectivity index (χ2n) is 2.41. The number of nitrogens with one attached hydrogen (secondary N) is 1. The molecule has 1 aliphatic heterocycles. The lowest BCUT2D eigenvalue weighted by atomic mass is 10.4. The summed E-state index contributed by atoms with van der Waals surface area (Å²) in [6, 6.07) is 0. The minimum atomic E-state index is 0.778. The summed E-state index contributed by atoms with van der Waals surface area (Å²) in [5.74, 6) is 0.841. The number of ether oxygens (including phenoxy) is 1. The summed E-state index contributed by atoms with van der Waals surface area (Å²) in [5.41, 5.74) is 0. The van der Waals surface area contributed by atoms with Gasteiger partial charge in [0.25, 0.3) is 0 Å². The average molecular weight is 154 g/mol. The molecule has 0 aromatic carbocycles. The number of morpholine rings is 1. The third-order valence-corrected chi connectivity index (χ3v) is 1.71. The van der Waals surface area contributed by atoms with Crippen molar-refractivity contribution in [2.24, 2.45) is 0 Å². The van der Waals surface area contributed by atoms with Crippen molar-refractivity contribution >= 4 is 5.95 Å². The number of anilines is 1. The standard InChI is InChI=1S/C6H10N4O/c1-3-11-4-2-10(1)6-7-5-8-9-6/h5H,1-4H2,(H,7,8,9). The zero-order valence-corrected chi connectivity index (χ0v) is 6.16. The molecule has 11 heavy (non-hydrogen) atoms. The molecule has 0 unspecified atom stereocenters. The van der Waals surface area contributed by atoms with Crippen molar-refractivity contribution in [3.63, 3.8) is 0 Å². The predicted octanol–water partition coefficient (Wildman–Crippen LogP) is -0.359. The highest BCUT2D eigenvalue weighted by Crippen LogP contribution is 2.06. The van der Waals surface area contributed by atoms with Gasteiger partial charge >= 0.3 is 0 Å². The van der Waals surface area contributed by atoms with Crippen molar-refractivity contribution < 1.29 is 4.74 Å². The van der Waals surface area contributed by atoms with Crippen LogP contribution in [-0.4, -0.2) is 41.5 Å². The van der Waals surface area contributed by atoms with Gasteiger partial charge in [0.1, 0.15) is 6.33 Å². The van der Waals surface area contributed by atoms with Gasteiger partial charge in [-0.2, -0.15) is 10.1 Å². The van der Waals surface area contributed by atoms with E-state index in [1.165, 1.54) is 6.33 Å². The number of aromatic nitrogens is 3. The van der Waals surface area contributed by atoms with Crippen molar-refractivity contribution in [2.45, 2.75) is 0 Å². The number of aromatic amines is 1. The van der Waals surface area contributed by atoms with Gasteiger partial charge in [0.05, 0.1) is 13.2 Å². The normalized spacial score (nSPS) is 18.7. The molecule has 1 aliphatic rings. The summed E-state index contributed by atoms with van der Waals surface area (Å²) in [7, 11) is 0. The SMILES string of the molecule is c1n[nH]c(N2CCOCC2)n1. The van der Waals surface area contributed by atoms with Crippen LogP contribution < -0.4 is 4.90 Å². The van der Waals surface area contributed by atoms with Gasteiger partial charge in [-0.05, 0) is 0 Å².